The summed E-state index contributed by atoms with van der Waals surface area (Å²) in [4.78, 5) is 78.5. The molecule has 2 fully saturated rings. The maximum Gasteiger partial charge on any atom is 0.330 e. The van der Waals surface area contributed by atoms with Gasteiger partial charge in [-0.2, -0.15) is 0 Å². The molecule has 0 unspecified atom stereocenters. The van der Waals surface area contributed by atoms with Crippen LogP contribution in [0.2, 0.25) is 0 Å². The molecule has 3 aliphatic heterocycles. The zero-order valence-electron chi connectivity index (χ0n) is 32.8. The van der Waals surface area contributed by atoms with Crippen molar-refractivity contribution < 1.29 is 53.4 Å². The zero-order valence-corrected chi connectivity index (χ0v) is 32.8. The SMILES string of the molecule is CCCCCCCCCCCCCCCC(=O)O[C@@H]1[C@H](CO)[C@@H]([C@@H](O[C@H]2OC(C(=O)N[C@H]3CCCCNC3=O)=C[C@H](O)[C@@H]2O)C(N)=O)O[C@H]1n1ccc(=O)[nH]c1=O. The molecule has 1 aromatic rings. The van der Waals surface area contributed by atoms with Crippen molar-refractivity contribution in [3.05, 3.63) is 44.9 Å². The van der Waals surface area contributed by atoms with E-state index in [1.54, 1.807) is 0 Å². The van der Waals surface area contributed by atoms with Crippen LogP contribution in [0.15, 0.2) is 33.7 Å². The number of unbranched alkanes of at least 4 members (excludes halogenated alkanes) is 12. The van der Waals surface area contributed by atoms with Gasteiger partial charge in [-0.25, -0.2) is 4.79 Å². The number of ether oxygens (including phenoxy) is 4. The molecule has 0 saturated carbocycles. The molecule has 0 radical (unpaired) electrons. The van der Waals surface area contributed by atoms with E-state index in [0.717, 1.165) is 55.0 Å². The molecule has 3 amide bonds. The predicted octanol–water partition coefficient (Wildman–Crippen LogP) is 1.05. The molecule has 2 saturated heterocycles. The van der Waals surface area contributed by atoms with Gasteiger partial charge in [0.2, 0.25) is 18.1 Å². The van der Waals surface area contributed by atoms with Crippen LogP contribution in [0.5, 0.6) is 0 Å². The lowest BCUT2D eigenvalue weighted by Gasteiger charge is -2.35. The summed E-state index contributed by atoms with van der Waals surface area (Å²) in [6, 6.07) is 0.145. The molecule has 3 aliphatic rings. The molecule has 320 valence electrons. The maximum absolute atomic E-state index is 13.2. The van der Waals surface area contributed by atoms with Gasteiger partial charge in [0.15, 0.2) is 24.2 Å². The Balaban J connectivity index is 1.40. The summed E-state index contributed by atoms with van der Waals surface area (Å²) < 4.78 is 24.2. The average molecular weight is 808 g/mol. The van der Waals surface area contributed by atoms with Crippen LogP contribution in [0.25, 0.3) is 0 Å². The molecule has 4 rings (SSSR count). The fourth-order valence-corrected chi connectivity index (χ4v) is 7.38. The van der Waals surface area contributed by atoms with Crippen molar-refractivity contribution in [2.24, 2.45) is 11.7 Å². The summed E-state index contributed by atoms with van der Waals surface area (Å²) in [6.07, 6.45) is 6.54. The highest BCUT2D eigenvalue weighted by atomic mass is 16.7. The summed E-state index contributed by atoms with van der Waals surface area (Å²) in [5.41, 5.74) is 4.09. The van der Waals surface area contributed by atoms with Gasteiger partial charge in [0.1, 0.15) is 24.4 Å². The Labute approximate surface area is 331 Å². The number of nitrogens with zero attached hydrogens (tertiary/aromatic N) is 1. The lowest BCUT2D eigenvalue weighted by molar-refractivity contribution is -0.239. The van der Waals surface area contributed by atoms with Gasteiger partial charge in [-0.15, -0.1) is 0 Å². The number of aromatic nitrogens is 2. The third kappa shape index (κ3) is 13.5. The first kappa shape index (κ1) is 45.6. The van der Waals surface area contributed by atoms with Gasteiger partial charge >= 0.3 is 11.7 Å². The number of hydrogen-bond donors (Lipinski definition) is 7. The summed E-state index contributed by atoms with van der Waals surface area (Å²) in [5, 5.41) is 37.2. The fourth-order valence-electron chi connectivity index (χ4n) is 7.38. The molecular weight excluding hydrogens is 746 g/mol. The number of H-pyrrole nitrogens is 1. The van der Waals surface area contributed by atoms with E-state index in [4.69, 9.17) is 24.7 Å². The molecule has 18 heteroatoms. The number of nitrogens with one attached hydrogen (secondary N) is 3. The van der Waals surface area contributed by atoms with Crippen molar-refractivity contribution >= 4 is 23.7 Å². The predicted molar refractivity (Wildman–Crippen MR) is 204 cm³/mol. The Morgan fingerprint density at radius 2 is 1.63 bits per heavy atom. The van der Waals surface area contributed by atoms with Crippen LogP contribution in [-0.4, -0.2) is 105 Å². The van der Waals surface area contributed by atoms with E-state index in [2.05, 4.69) is 22.5 Å². The Bertz CT molecular complexity index is 1610. The van der Waals surface area contributed by atoms with Gasteiger partial charge in [0.25, 0.3) is 11.5 Å². The van der Waals surface area contributed by atoms with Gasteiger partial charge in [-0.05, 0) is 31.8 Å². The standard InChI is InChI=1S/C39H61N5O13/c1-2-3-4-5-6-7-8-9-10-11-12-13-14-18-29(48)55-32-24(23-45)31(56-37(32)44-21-19-28(47)43-39(44)53)33(34(40)50)57-38-30(49)26(46)22-27(54-38)36(52)42-25-17-15-16-20-41-35(25)51/h19,21-22,24-26,30-33,37-38,45-46,49H,2-18,20,23H2,1H3,(H2,40,50)(H,41,51)(H,42,52)(H,43,47,53)/t24-,25+,26+,30+,31+,32-,33-,37-,38-/m1/s1. The molecule has 0 spiro atoms. The largest absolute Gasteiger partial charge is 0.457 e. The van der Waals surface area contributed by atoms with Crippen molar-refractivity contribution in [2.75, 3.05) is 13.2 Å². The van der Waals surface area contributed by atoms with Gasteiger partial charge in [-0.1, -0.05) is 84.0 Å². The number of aromatic amines is 1. The molecule has 4 heterocycles. The third-order valence-corrected chi connectivity index (χ3v) is 10.6. The fraction of sp³-hybridized carbons (Fsp3) is 0.744. The van der Waals surface area contributed by atoms with Gasteiger partial charge in [-0.3, -0.25) is 33.5 Å². The topological polar surface area (TPSA) is 271 Å². The highest BCUT2D eigenvalue weighted by molar-refractivity contribution is 5.95. The summed E-state index contributed by atoms with van der Waals surface area (Å²) >= 11 is 0. The summed E-state index contributed by atoms with van der Waals surface area (Å²) in [7, 11) is 0. The number of primary amides is 1. The van der Waals surface area contributed by atoms with Crippen molar-refractivity contribution in [1.82, 2.24) is 20.2 Å². The second kappa shape index (κ2) is 23.3. The highest BCUT2D eigenvalue weighted by Crippen LogP contribution is 2.39. The second-order valence-electron chi connectivity index (χ2n) is 15.1. The van der Waals surface area contributed by atoms with Crippen LogP contribution in [-0.2, 0) is 38.1 Å². The van der Waals surface area contributed by atoms with E-state index in [1.807, 2.05) is 0 Å². The monoisotopic (exact) mass is 807 g/mol. The highest BCUT2D eigenvalue weighted by Gasteiger charge is 2.54. The van der Waals surface area contributed by atoms with E-state index < -0.39 is 102 Å². The van der Waals surface area contributed by atoms with Gasteiger partial charge < -0.3 is 50.6 Å². The van der Waals surface area contributed by atoms with E-state index in [0.29, 0.717) is 25.8 Å². The van der Waals surface area contributed by atoms with E-state index in [9.17, 15) is 44.1 Å². The smallest absolute Gasteiger partial charge is 0.330 e. The number of esters is 1. The molecule has 8 N–H and O–H groups in total. The minimum Gasteiger partial charge on any atom is -0.457 e. The van der Waals surface area contributed by atoms with Gasteiger partial charge in [0, 0.05) is 25.2 Å². The van der Waals surface area contributed by atoms with E-state index in [-0.39, 0.29) is 6.42 Å². The normalized spacial score (nSPS) is 26.7. The van der Waals surface area contributed by atoms with Gasteiger partial charge in [0.05, 0.1) is 12.5 Å². The number of hydrogen-bond acceptors (Lipinski definition) is 13. The van der Waals surface area contributed by atoms with E-state index >= 15 is 0 Å². The Morgan fingerprint density at radius 1 is 0.982 bits per heavy atom. The van der Waals surface area contributed by atoms with Crippen molar-refractivity contribution in [3.63, 3.8) is 0 Å². The van der Waals surface area contributed by atoms with Crippen molar-refractivity contribution in [1.29, 1.82) is 0 Å². The molecule has 1 aromatic heterocycles. The van der Waals surface area contributed by atoms with Crippen LogP contribution in [0.4, 0.5) is 0 Å². The first-order valence-corrected chi connectivity index (χ1v) is 20.5. The van der Waals surface area contributed by atoms with Crippen LogP contribution in [0.3, 0.4) is 0 Å². The summed E-state index contributed by atoms with van der Waals surface area (Å²) in [5.74, 6) is -4.90. The van der Waals surface area contributed by atoms with Crippen LogP contribution >= 0.6 is 0 Å². The van der Waals surface area contributed by atoms with Crippen LogP contribution < -0.4 is 27.6 Å². The number of amides is 3. The van der Waals surface area contributed by atoms with Crippen LogP contribution in [0, 0.1) is 5.92 Å². The first-order valence-electron chi connectivity index (χ1n) is 20.5. The minimum atomic E-state index is -1.90. The number of rotatable bonds is 23. The number of carbonyl (C=O) groups excluding carboxylic acids is 4. The molecule has 0 bridgehead atoms. The molecular formula is C39H61N5O13. The molecule has 18 nitrogen and oxygen atoms in total. The van der Waals surface area contributed by atoms with Crippen molar-refractivity contribution in [2.45, 2.75) is 165 Å². The van der Waals surface area contributed by atoms with Crippen LogP contribution in [0.1, 0.15) is 122 Å². The number of carbonyl (C=O) groups is 4. The number of nitrogens with two attached hydrogens (primary N) is 1. The quantitative estimate of drug-likeness (QED) is 0.0603. The van der Waals surface area contributed by atoms with Crippen molar-refractivity contribution in [3.8, 4) is 0 Å². The molecule has 9 atom stereocenters. The molecule has 0 aliphatic carbocycles. The Kier molecular flexibility index (Phi) is 18.7. The summed E-state index contributed by atoms with van der Waals surface area (Å²) in [6.45, 7) is 1.90. The second-order valence-corrected chi connectivity index (χ2v) is 15.1. The van der Waals surface area contributed by atoms with E-state index in [1.165, 1.54) is 51.4 Å². The molecule has 0 aromatic carbocycles. The Morgan fingerprint density at radius 3 is 2.25 bits per heavy atom. The first-order chi connectivity index (χ1) is 27.4. The lowest BCUT2D eigenvalue weighted by Crippen LogP contribution is -2.53. The zero-order chi connectivity index (χ0) is 41.3. The minimum absolute atomic E-state index is 0.0275. The average Bonchev–Trinajstić information content (AvgIpc) is 3.39. The lowest BCUT2D eigenvalue weighted by atomic mass is 9.94. The maximum atomic E-state index is 13.2. The third-order valence-electron chi connectivity index (χ3n) is 10.6. The molecule has 57 heavy (non-hydrogen) atoms. The number of aliphatic hydroxyl groups excluding tert-OH is 3. The number of aliphatic hydroxyl groups is 3. The Hall–Kier alpha value is -4.10.